The molecule has 1 saturated carbocycles. The van der Waals surface area contributed by atoms with E-state index in [9.17, 15) is 0 Å². The van der Waals surface area contributed by atoms with Crippen LogP contribution in [0, 0.1) is 11.8 Å². The van der Waals surface area contributed by atoms with Crippen molar-refractivity contribution in [1.29, 1.82) is 0 Å². The molecule has 0 spiro atoms. The van der Waals surface area contributed by atoms with Crippen LogP contribution in [0.15, 0.2) is 24.3 Å². The second-order valence-electron chi connectivity index (χ2n) is 5.43. The maximum atomic E-state index is 5.98. The van der Waals surface area contributed by atoms with Gasteiger partial charge >= 0.3 is 0 Å². The zero-order valence-electron chi connectivity index (χ0n) is 11.5. The quantitative estimate of drug-likeness (QED) is 0.805. The monoisotopic (exact) mass is 265 g/mol. The minimum absolute atomic E-state index is 0.504. The number of nitrogens with one attached hydrogen (secondary N) is 1. The molecular weight excluding hydrogens is 242 g/mol. The van der Waals surface area contributed by atoms with Crippen molar-refractivity contribution in [2.75, 3.05) is 6.54 Å². The van der Waals surface area contributed by atoms with E-state index in [1.54, 1.807) is 0 Å². The second-order valence-corrected chi connectivity index (χ2v) is 5.87. The standard InChI is InChI=1S/C16H24ClN/c1-3-12-5-6-14(11-12)16(18-4-2)13-7-9-15(17)10-8-13/h7-10,12,14,16,18H,3-6,11H2,1-2H3. The lowest BCUT2D eigenvalue weighted by Gasteiger charge is -2.25. The molecule has 1 nitrogen and oxygen atoms in total. The van der Waals surface area contributed by atoms with Gasteiger partial charge in [0, 0.05) is 11.1 Å². The van der Waals surface area contributed by atoms with E-state index in [1.165, 1.54) is 31.2 Å². The van der Waals surface area contributed by atoms with Crippen molar-refractivity contribution < 1.29 is 0 Å². The van der Waals surface area contributed by atoms with E-state index in [-0.39, 0.29) is 0 Å². The topological polar surface area (TPSA) is 12.0 Å². The van der Waals surface area contributed by atoms with Crippen molar-refractivity contribution in [3.63, 3.8) is 0 Å². The molecule has 2 rings (SSSR count). The molecule has 2 heteroatoms. The van der Waals surface area contributed by atoms with Gasteiger partial charge in [-0.25, -0.2) is 0 Å². The molecule has 1 aliphatic rings. The van der Waals surface area contributed by atoms with E-state index in [2.05, 4.69) is 31.3 Å². The van der Waals surface area contributed by atoms with E-state index >= 15 is 0 Å². The first-order valence-electron chi connectivity index (χ1n) is 7.23. The highest BCUT2D eigenvalue weighted by Gasteiger charge is 2.30. The molecule has 0 radical (unpaired) electrons. The van der Waals surface area contributed by atoms with Crippen LogP contribution in [-0.4, -0.2) is 6.54 Å². The van der Waals surface area contributed by atoms with E-state index in [0.29, 0.717) is 6.04 Å². The van der Waals surface area contributed by atoms with Crippen molar-refractivity contribution in [2.45, 2.75) is 45.6 Å². The molecule has 1 fully saturated rings. The van der Waals surface area contributed by atoms with Crippen LogP contribution in [0.3, 0.4) is 0 Å². The Bertz CT molecular complexity index is 360. The number of hydrogen-bond donors (Lipinski definition) is 1. The summed E-state index contributed by atoms with van der Waals surface area (Å²) in [6, 6.07) is 8.87. The molecule has 0 aliphatic heterocycles. The van der Waals surface area contributed by atoms with Gasteiger partial charge in [-0.15, -0.1) is 0 Å². The Labute approximate surface area is 116 Å². The molecule has 0 aromatic heterocycles. The minimum atomic E-state index is 0.504. The summed E-state index contributed by atoms with van der Waals surface area (Å²) in [6.07, 6.45) is 5.46. The van der Waals surface area contributed by atoms with Gasteiger partial charge in [-0.1, -0.05) is 50.4 Å². The Morgan fingerprint density at radius 3 is 2.50 bits per heavy atom. The van der Waals surface area contributed by atoms with Crippen molar-refractivity contribution in [3.05, 3.63) is 34.9 Å². The molecule has 0 heterocycles. The maximum Gasteiger partial charge on any atom is 0.0406 e. The predicted octanol–water partition coefficient (Wildman–Crippen LogP) is 4.82. The van der Waals surface area contributed by atoms with Gasteiger partial charge in [0.1, 0.15) is 0 Å². The lowest BCUT2D eigenvalue weighted by Crippen LogP contribution is -2.27. The van der Waals surface area contributed by atoms with Gasteiger partial charge in [-0.2, -0.15) is 0 Å². The Kier molecular flexibility index (Phi) is 5.08. The van der Waals surface area contributed by atoms with Gasteiger partial charge < -0.3 is 5.32 Å². The van der Waals surface area contributed by atoms with Crippen LogP contribution in [-0.2, 0) is 0 Å². The SMILES string of the molecule is CCNC(c1ccc(Cl)cc1)C1CCC(CC)C1. The van der Waals surface area contributed by atoms with Gasteiger partial charge in [0.05, 0.1) is 0 Å². The molecule has 0 saturated heterocycles. The van der Waals surface area contributed by atoms with Gasteiger partial charge in [0.25, 0.3) is 0 Å². The third-order valence-corrected chi connectivity index (χ3v) is 4.54. The number of rotatable bonds is 5. The first-order chi connectivity index (χ1) is 8.74. The van der Waals surface area contributed by atoms with Crippen LogP contribution in [0.25, 0.3) is 0 Å². The van der Waals surface area contributed by atoms with Crippen molar-refractivity contribution in [2.24, 2.45) is 11.8 Å². The Morgan fingerprint density at radius 2 is 1.94 bits per heavy atom. The van der Waals surface area contributed by atoms with E-state index in [1.807, 2.05) is 12.1 Å². The van der Waals surface area contributed by atoms with E-state index in [4.69, 9.17) is 11.6 Å². The van der Waals surface area contributed by atoms with E-state index < -0.39 is 0 Å². The summed E-state index contributed by atoms with van der Waals surface area (Å²) in [5, 5.41) is 4.49. The lowest BCUT2D eigenvalue weighted by molar-refractivity contribution is 0.359. The van der Waals surface area contributed by atoms with Crippen molar-refractivity contribution >= 4 is 11.6 Å². The fourth-order valence-corrected chi connectivity index (χ4v) is 3.36. The highest BCUT2D eigenvalue weighted by Crippen LogP contribution is 2.40. The van der Waals surface area contributed by atoms with Crippen molar-refractivity contribution in [1.82, 2.24) is 5.32 Å². The zero-order valence-corrected chi connectivity index (χ0v) is 12.2. The van der Waals surface area contributed by atoms with Gasteiger partial charge in [-0.3, -0.25) is 0 Å². The summed E-state index contributed by atoms with van der Waals surface area (Å²) >= 11 is 5.98. The number of halogens is 1. The van der Waals surface area contributed by atoms with Crippen molar-refractivity contribution in [3.8, 4) is 0 Å². The molecule has 1 N–H and O–H groups in total. The Hall–Kier alpha value is -0.530. The molecule has 100 valence electrons. The Morgan fingerprint density at radius 1 is 1.22 bits per heavy atom. The molecule has 3 atom stereocenters. The third-order valence-electron chi connectivity index (χ3n) is 4.28. The van der Waals surface area contributed by atoms with E-state index in [0.717, 1.165) is 23.4 Å². The minimum Gasteiger partial charge on any atom is -0.310 e. The first-order valence-corrected chi connectivity index (χ1v) is 7.61. The molecule has 0 amide bonds. The summed E-state index contributed by atoms with van der Waals surface area (Å²) in [7, 11) is 0. The van der Waals surface area contributed by atoms with Crippen LogP contribution in [0.1, 0.15) is 51.1 Å². The number of hydrogen-bond acceptors (Lipinski definition) is 1. The lowest BCUT2D eigenvalue weighted by atomic mass is 9.90. The number of benzene rings is 1. The second kappa shape index (κ2) is 6.58. The third kappa shape index (κ3) is 3.27. The summed E-state index contributed by atoms with van der Waals surface area (Å²) in [5.41, 5.74) is 1.39. The van der Waals surface area contributed by atoms with Crippen LogP contribution < -0.4 is 5.32 Å². The zero-order chi connectivity index (χ0) is 13.0. The molecule has 1 aliphatic carbocycles. The molecule has 18 heavy (non-hydrogen) atoms. The van der Waals surface area contributed by atoms with Crippen LogP contribution in [0.4, 0.5) is 0 Å². The highest BCUT2D eigenvalue weighted by atomic mass is 35.5. The normalized spacial score (nSPS) is 25.3. The largest absolute Gasteiger partial charge is 0.310 e. The molecular formula is C16H24ClN. The first kappa shape index (κ1) is 13.9. The van der Waals surface area contributed by atoms with Crippen LogP contribution in [0.2, 0.25) is 5.02 Å². The Balaban J connectivity index is 2.10. The summed E-state index contributed by atoms with van der Waals surface area (Å²) in [6.45, 7) is 5.54. The molecule has 1 aromatic rings. The molecule has 3 unspecified atom stereocenters. The van der Waals surface area contributed by atoms with Crippen LogP contribution >= 0.6 is 11.6 Å². The van der Waals surface area contributed by atoms with Crippen LogP contribution in [0.5, 0.6) is 0 Å². The fraction of sp³-hybridized carbons (Fsp3) is 0.625. The summed E-state index contributed by atoms with van der Waals surface area (Å²) in [5.74, 6) is 1.72. The van der Waals surface area contributed by atoms with Gasteiger partial charge in [-0.05, 0) is 48.9 Å². The predicted molar refractivity (Wildman–Crippen MR) is 79.0 cm³/mol. The van der Waals surface area contributed by atoms with Gasteiger partial charge in [0.2, 0.25) is 0 Å². The average molecular weight is 266 g/mol. The highest BCUT2D eigenvalue weighted by molar-refractivity contribution is 6.30. The fourth-order valence-electron chi connectivity index (χ4n) is 3.23. The summed E-state index contributed by atoms with van der Waals surface area (Å²) in [4.78, 5) is 0. The maximum absolute atomic E-state index is 5.98. The molecule has 1 aromatic carbocycles. The average Bonchev–Trinajstić information content (AvgIpc) is 2.86. The van der Waals surface area contributed by atoms with Gasteiger partial charge in [0.15, 0.2) is 0 Å². The smallest absolute Gasteiger partial charge is 0.0406 e. The summed E-state index contributed by atoms with van der Waals surface area (Å²) < 4.78 is 0. The molecule has 0 bridgehead atoms.